The lowest BCUT2D eigenvalue weighted by molar-refractivity contribution is -0.158. The Labute approximate surface area is 155 Å². The molecule has 3 atom stereocenters. The van der Waals surface area contributed by atoms with Crippen molar-refractivity contribution in [3.8, 4) is 0 Å². The molecule has 0 spiro atoms. The van der Waals surface area contributed by atoms with Crippen LogP contribution < -0.4 is 0 Å². The summed E-state index contributed by atoms with van der Waals surface area (Å²) in [6, 6.07) is 0. The van der Waals surface area contributed by atoms with Crippen LogP contribution in [-0.2, 0) is 9.53 Å². The maximum Gasteiger partial charge on any atom is 0.320 e. The molecule has 2 aliphatic rings. The molecular formula is C22H41NO2. The number of carbonyl (C=O) groups excluding carboxylic acids is 1. The first-order chi connectivity index (χ1) is 11.8. The smallest absolute Gasteiger partial charge is 0.320 e. The molecular weight excluding hydrogens is 310 g/mol. The molecule has 3 nitrogen and oxygen atoms in total. The molecule has 3 heteroatoms. The molecule has 2 saturated carbocycles. The predicted molar refractivity (Wildman–Crippen MR) is 105 cm³/mol. The summed E-state index contributed by atoms with van der Waals surface area (Å²) in [5.74, 6) is 0.725. The van der Waals surface area contributed by atoms with Gasteiger partial charge in [0.15, 0.2) is 0 Å². The molecule has 0 saturated heterocycles. The van der Waals surface area contributed by atoms with Crippen molar-refractivity contribution in [2.24, 2.45) is 16.7 Å². The van der Waals surface area contributed by atoms with Crippen LogP contribution in [-0.4, -0.2) is 36.6 Å². The number of nitrogens with zero attached hydrogens (tertiary/aromatic N) is 1. The second-order valence-corrected chi connectivity index (χ2v) is 9.28. The van der Waals surface area contributed by atoms with Crippen LogP contribution in [0.15, 0.2) is 0 Å². The van der Waals surface area contributed by atoms with Gasteiger partial charge in [-0.3, -0.25) is 9.69 Å². The van der Waals surface area contributed by atoms with E-state index < -0.39 is 0 Å². The van der Waals surface area contributed by atoms with E-state index in [0.717, 1.165) is 25.4 Å². The lowest BCUT2D eigenvalue weighted by Gasteiger charge is -2.38. The molecule has 2 rings (SSSR count). The highest BCUT2D eigenvalue weighted by Crippen LogP contribution is 2.66. The van der Waals surface area contributed by atoms with Crippen molar-refractivity contribution in [2.45, 2.75) is 98.5 Å². The zero-order chi connectivity index (χ0) is 18.5. The van der Waals surface area contributed by atoms with Crippen molar-refractivity contribution in [2.75, 3.05) is 19.6 Å². The van der Waals surface area contributed by atoms with Gasteiger partial charge in [0.2, 0.25) is 0 Å². The molecule has 0 amide bonds. The van der Waals surface area contributed by atoms with E-state index in [-0.39, 0.29) is 17.5 Å². The van der Waals surface area contributed by atoms with E-state index in [0.29, 0.717) is 12.0 Å². The number of hydrogen-bond acceptors (Lipinski definition) is 3. The summed E-state index contributed by atoms with van der Waals surface area (Å²) in [5.41, 5.74) is 0.475. The maximum absolute atomic E-state index is 12.6. The monoisotopic (exact) mass is 351 g/mol. The first-order valence-corrected chi connectivity index (χ1v) is 10.8. The van der Waals surface area contributed by atoms with Gasteiger partial charge >= 0.3 is 5.97 Å². The highest BCUT2D eigenvalue weighted by molar-refractivity contribution is 5.72. The normalized spacial score (nSPS) is 30.2. The van der Waals surface area contributed by atoms with E-state index in [9.17, 15) is 4.79 Å². The van der Waals surface area contributed by atoms with Gasteiger partial charge in [0.05, 0.1) is 6.54 Å². The zero-order valence-corrected chi connectivity index (χ0v) is 17.4. The van der Waals surface area contributed by atoms with Gasteiger partial charge in [0.25, 0.3) is 0 Å². The third-order valence-electron chi connectivity index (χ3n) is 7.50. The van der Waals surface area contributed by atoms with Crippen molar-refractivity contribution in [1.82, 2.24) is 4.90 Å². The minimum atomic E-state index is 0.00238. The van der Waals surface area contributed by atoms with E-state index in [1.807, 2.05) is 0 Å². The van der Waals surface area contributed by atoms with Gasteiger partial charge in [-0.15, -0.1) is 0 Å². The van der Waals surface area contributed by atoms with Crippen LogP contribution in [0.3, 0.4) is 0 Å². The average molecular weight is 352 g/mol. The van der Waals surface area contributed by atoms with Crippen molar-refractivity contribution in [3.63, 3.8) is 0 Å². The number of fused-ring (bicyclic) bond motifs is 2. The minimum absolute atomic E-state index is 0.00238. The van der Waals surface area contributed by atoms with E-state index >= 15 is 0 Å². The van der Waals surface area contributed by atoms with E-state index in [1.54, 1.807) is 0 Å². The fraction of sp³-hybridized carbons (Fsp3) is 0.955. The molecule has 0 heterocycles. The Morgan fingerprint density at radius 2 is 1.64 bits per heavy atom. The number of ether oxygens (including phenoxy) is 1. The Balaban J connectivity index is 1.85. The minimum Gasteiger partial charge on any atom is -0.461 e. The lowest BCUT2D eigenvalue weighted by Crippen LogP contribution is -2.41. The highest BCUT2D eigenvalue weighted by Gasteiger charge is 2.62. The third-order valence-corrected chi connectivity index (χ3v) is 7.50. The molecule has 25 heavy (non-hydrogen) atoms. The van der Waals surface area contributed by atoms with Gasteiger partial charge < -0.3 is 4.74 Å². The molecule has 2 bridgehead atoms. The van der Waals surface area contributed by atoms with Gasteiger partial charge in [-0.2, -0.15) is 0 Å². The lowest BCUT2D eigenvalue weighted by atomic mass is 9.70. The Kier molecular flexibility index (Phi) is 7.37. The molecule has 0 unspecified atom stereocenters. The second kappa shape index (κ2) is 8.88. The van der Waals surface area contributed by atoms with Crippen LogP contribution in [0.5, 0.6) is 0 Å². The van der Waals surface area contributed by atoms with Gasteiger partial charge in [-0.05, 0) is 56.5 Å². The van der Waals surface area contributed by atoms with Gasteiger partial charge in [-0.1, -0.05) is 60.3 Å². The molecule has 0 aromatic carbocycles. The summed E-state index contributed by atoms with van der Waals surface area (Å²) in [4.78, 5) is 15.0. The highest BCUT2D eigenvalue weighted by atomic mass is 16.5. The Morgan fingerprint density at radius 1 is 1.04 bits per heavy atom. The molecule has 146 valence electrons. The quantitative estimate of drug-likeness (QED) is 0.367. The van der Waals surface area contributed by atoms with Crippen molar-refractivity contribution in [3.05, 3.63) is 0 Å². The predicted octanol–water partition coefficient (Wildman–Crippen LogP) is 5.43. The molecule has 0 N–H and O–H groups in total. The first kappa shape index (κ1) is 20.7. The maximum atomic E-state index is 12.6. The summed E-state index contributed by atoms with van der Waals surface area (Å²) in [7, 11) is 0. The Bertz CT molecular complexity index is 424. The van der Waals surface area contributed by atoms with Crippen LogP contribution in [0.2, 0.25) is 0 Å². The zero-order valence-electron chi connectivity index (χ0n) is 17.4. The fourth-order valence-electron chi connectivity index (χ4n) is 5.13. The average Bonchev–Trinajstić information content (AvgIpc) is 2.88. The summed E-state index contributed by atoms with van der Waals surface area (Å²) in [5, 5.41) is 0. The molecule has 0 aromatic rings. The third kappa shape index (κ3) is 4.59. The van der Waals surface area contributed by atoms with Crippen molar-refractivity contribution < 1.29 is 9.53 Å². The number of hydrogen-bond donors (Lipinski definition) is 0. The van der Waals surface area contributed by atoms with E-state index in [2.05, 4.69) is 39.5 Å². The molecule has 2 fully saturated rings. The summed E-state index contributed by atoms with van der Waals surface area (Å²) in [6.45, 7) is 14.1. The van der Waals surface area contributed by atoms with Crippen LogP contribution in [0.25, 0.3) is 0 Å². The number of esters is 1. The first-order valence-electron chi connectivity index (χ1n) is 10.8. The number of rotatable bonds is 11. The van der Waals surface area contributed by atoms with E-state index in [1.165, 1.54) is 51.4 Å². The van der Waals surface area contributed by atoms with Crippen LogP contribution in [0.1, 0.15) is 92.4 Å². The van der Waals surface area contributed by atoms with Crippen LogP contribution >= 0.6 is 0 Å². The standard InChI is InChI=1S/C22H41NO2/c1-6-8-10-14-23(15-11-9-7-2)17-20(24)25-19-16-18-12-13-22(19,5)21(18,3)4/h18-19H,6-17H2,1-5H3/t18-,19+,22+/m1/s1. The SMILES string of the molecule is CCCCCN(CCCCC)CC(=O)O[C@H]1C[C@H]2CC[C@]1(C)C2(C)C. The van der Waals surface area contributed by atoms with Crippen molar-refractivity contribution >= 4 is 5.97 Å². The van der Waals surface area contributed by atoms with Crippen LogP contribution in [0, 0.1) is 16.7 Å². The molecule has 0 aliphatic heterocycles. The number of unbranched alkanes of at least 4 members (excludes halogenated alkanes) is 4. The summed E-state index contributed by atoms with van der Waals surface area (Å²) < 4.78 is 6.05. The Hall–Kier alpha value is -0.570. The van der Waals surface area contributed by atoms with Gasteiger partial charge in [-0.25, -0.2) is 0 Å². The topological polar surface area (TPSA) is 29.5 Å². The van der Waals surface area contributed by atoms with Crippen molar-refractivity contribution in [1.29, 1.82) is 0 Å². The second-order valence-electron chi connectivity index (χ2n) is 9.28. The van der Waals surface area contributed by atoms with Gasteiger partial charge in [0, 0.05) is 5.41 Å². The van der Waals surface area contributed by atoms with Gasteiger partial charge in [0.1, 0.15) is 6.10 Å². The van der Waals surface area contributed by atoms with Crippen LogP contribution in [0.4, 0.5) is 0 Å². The fourth-order valence-corrected chi connectivity index (χ4v) is 5.13. The molecule has 2 aliphatic carbocycles. The summed E-state index contributed by atoms with van der Waals surface area (Å²) in [6.07, 6.45) is 11.0. The largest absolute Gasteiger partial charge is 0.461 e. The molecule has 0 aromatic heterocycles. The molecule has 0 radical (unpaired) electrons. The van der Waals surface area contributed by atoms with E-state index in [4.69, 9.17) is 4.74 Å². The Morgan fingerprint density at radius 3 is 2.08 bits per heavy atom. The summed E-state index contributed by atoms with van der Waals surface area (Å²) >= 11 is 0. The number of carbonyl (C=O) groups is 1.